The van der Waals surface area contributed by atoms with Crippen molar-refractivity contribution < 1.29 is 18.7 Å². The molecule has 9 nitrogen and oxygen atoms in total. The highest BCUT2D eigenvalue weighted by atomic mass is 19.1. The molecule has 0 spiro atoms. The van der Waals surface area contributed by atoms with E-state index >= 15 is 4.39 Å². The average molecular weight is 535 g/mol. The fraction of sp³-hybridized carbons (Fsp3) is 0.414. The van der Waals surface area contributed by atoms with E-state index in [1.807, 2.05) is 4.90 Å². The second kappa shape index (κ2) is 11.5. The molecule has 39 heavy (non-hydrogen) atoms. The van der Waals surface area contributed by atoms with Gasteiger partial charge in [0.05, 0.1) is 31.7 Å². The molecule has 2 fully saturated rings. The second-order valence-corrected chi connectivity index (χ2v) is 10.2. The van der Waals surface area contributed by atoms with Crippen molar-refractivity contribution in [2.24, 2.45) is 0 Å². The summed E-state index contributed by atoms with van der Waals surface area (Å²) in [7, 11) is 3.68. The van der Waals surface area contributed by atoms with Crippen LogP contribution in [0.1, 0.15) is 24.2 Å². The molecule has 0 radical (unpaired) electrons. The lowest BCUT2D eigenvalue weighted by Gasteiger charge is -2.44. The molecule has 0 bridgehead atoms. The number of rotatable bonds is 6. The minimum atomic E-state index is -0.394. The Labute approximate surface area is 228 Å². The Balaban J connectivity index is 1.49. The fourth-order valence-electron chi connectivity index (χ4n) is 5.07. The van der Waals surface area contributed by atoms with E-state index in [-0.39, 0.29) is 18.0 Å². The van der Waals surface area contributed by atoms with Crippen molar-refractivity contribution in [3.63, 3.8) is 0 Å². The Bertz CT molecular complexity index is 1290. The van der Waals surface area contributed by atoms with Gasteiger partial charge in [-0.05, 0) is 57.3 Å². The molecule has 0 aliphatic carbocycles. The lowest BCUT2D eigenvalue weighted by atomic mass is 10.0. The second-order valence-electron chi connectivity index (χ2n) is 10.2. The van der Waals surface area contributed by atoms with Crippen LogP contribution in [0.5, 0.6) is 5.75 Å². The van der Waals surface area contributed by atoms with Crippen LogP contribution in [0.25, 0.3) is 11.1 Å². The van der Waals surface area contributed by atoms with Crippen LogP contribution in [0.15, 0.2) is 48.8 Å². The van der Waals surface area contributed by atoms with Crippen molar-refractivity contribution in [2.75, 3.05) is 68.7 Å². The summed E-state index contributed by atoms with van der Waals surface area (Å²) in [6.07, 6.45) is 3.26. The van der Waals surface area contributed by atoms with Crippen LogP contribution in [0, 0.1) is 5.82 Å². The molecule has 2 saturated heterocycles. The minimum Gasteiger partial charge on any atom is -0.497 e. The van der Waals surface area contributed by atoms with Crippen molar-refractivity contribution in [1.82, 2.24) is 14.9 Å². The quantitative estimate of drug-likeness (QED) is 0.510. The Hall–Kier alpha value is -3.76. The van der Waals surface area contributed by atoms with Crippen LogP contribution >= 0.6 is 0 Å². The number of carbonyl (C=O) groups excluding carboxylic acids is 1. The van der Waals surface area contributed by atoms with Gasteiger partial charge in [-0.15, -0.1) is 0 Å². The Morgan fingerprint density at radius 3 is 2.28 bits per heavy atom. The number of nitrogens with zero attached hydrogens (tertiary/aromatic N) is 5. The molecule has 2 aromatic carbocycles. The van der Waals surface area contributed by atoms with E-state index in [9.17, 15) is 4.79 Å². The highest BCUT2D eigenvalue weighted by molar-refractivity contribution is 6.06. The fourth-order valence-corrected chi connectivity index (χ4v) is 5.07. The topological polar surface area (TPSA) is 83.1 Å². The molecule has 5 rings (SSSR count). The molecule has 1 N–H and O–H groups in total. The maximum absolute atomic E-state index is 15.7. The van der Waals surface area contributed by atoms with E-state index in [1.54, 1.807) is 49.8 Å². The maximum atomic E-state index is 15.7. The van der Waals surface area contributed by atoms with E-state index in [2.05, 4.69) is 46.0 Å². The van der Waals surface area contributed by atoms with Crippen LogP contribution in [-0.4, -0.2) is 86.4 Å². The summed E-state index contributed by atoms with van der Waals surface area (Å²) in [5.41, 5.74) is 2.53. The number of benzene rings is 2. The summed E-state index contributed by atoms with van der Waals surface area (Å²) in [5, 5.41) is 3.04. The average Bonchev–Trinajstić information content (AvgIpc) is 2.97. The number of methoxy groups -OCH3 is 1. The molecule has 10 heteroatoms. The molecule has 3 heterocycles. The number of halogens is 1. The third kappa shape index (κ3) is 5.81. The van der Waals surface area contributed by atoms with Crippen LogP contribution in [0.3, 0.4) is 0 Å². The molecular weight excluding hydrogens is 499 g/mol. The van der Waals surface area contributed by atoms with E-state index in [0.29, 0.717) is 79.2 Å². The van der Waals surface area contributed by atoms with Gasteiger partial charge in [0.15, 0.2) is 0 Å². The molecule has 2 aliphatic rings. The lowest BCUT2D eigenvalue weighted by molar-refractivity contribution is 0.102. The first-order valence-electron chi connectivity index (χ1n) is 13.2. The van der Waals surface area contributed by atoms with Gasteiger partial charge in [-0.2, -0.15) is 0 Å². The van der Waals surface area contributed by atoms with Crippen molar-refractivity contribution in [3.05, 3.63) is 60.2 Å². The Morgan fingerprint density at radius 1 is 1.03 bits per heavy atom. The van der Waals surface area contributed by atoms with Gasteiger partial charge in [-0.25, -0.2) is 14.4 Å². The van der Waals surface area contributed by atoms with Gasteiger partial charge in [0.1, 0.15) is 11.6 Å². The summed E-state index contributed by atoms with van der Waals surface area (Å²) in [6, 6.07) is 10.6. The molecule has 1 aromatic heterocycles. The Morgan fingerprint density at radius 2 is 1.67 bits per heavy atom. The number of likely N-dealkylation sites (N-methyl/N-ethyl adjacent to an activating group) is 1. The van der Waals surface area contributed by atoms with Gasteiger partial charge in [0.2, 0.25) is 5.95 Å². The minimum absolute atomic E-state index is 0.266. The van der Waals surface area contributed by atoms with Gasteiger partial charge in [-0.1, -0.05) is 0 Å². The summed E-state index contributed by atoms with van der Waals surface area (Å²) in [6.45, 7) is 8.40. The lowest BCUT2D eigenvalue weighted by Crippen LogP contribution is -2.55. The first-order valence-corrected chi connectivity index (χ1v) is 13.2. The van der Waals surface area contributed by atoms with Crippen molar-refractivity contribution in [3.8, 4) is 16.9 Å². The summed E-state index contributed by atoms with van der Waals surface area (Å²) in [5.74, 6) is 0.574. The molecule has 1 amide bonds. The van der Waals surface area contributed by atoms with E-state index in [4.69, 9.17) is 9.47 Å². The number of amides is 1. The molecule has 3 aromatic rings. The first kappa shape index (κ1) is 26.8. The molecule has 2 atom stereocenters. The van der Waals surface area contributed by atoms with Crippen molar-refractivity contribution >= 4 is 23.2 Å². The number of hydrogen-bond acceptors (Lipinski definition) is 8. The number of anilines is 3. The number of ether oxygens (including phenoxy) is 2. The van der Waals surface area contributed by atoms with E-state index < -0.39 is 5.82 Å². The van der Waals surface area contributed by atoms with Gasteiger partial charge in [-0.3, -0.25) is 9.69 Å². The zero-order valence-electron chi connectivity index (χ0n) is 22.9. The van der Waals surface area contributed by atoms with Crippen LogP contribution in [0.4, 0.5) is 21.7 Å². The van der Waals surface area contributed by atoms with Gasteiger partial charge < -0.3 is 24.6 Å². The number of hydrogen-bond donors (Lipinski definition) is 1. The maximum Gasteiger partial charge on any atom is 0.255 e. The predicted molar refractivity (Wildman–Crippen MR) is 150 cm³/mol. The SMILES string of the molecule is COc1ccc(C(=O)Nc2cc(-c3cnc(N4CCOCC4)nc3)c(F)cc2N2C[C@@H](C)N(C)[C@@H](C)C2)cc1. The predicted octanol–water partition coefficient (Wildman–Crippen LogP) is 3.91. The van der Waals surface area contributed by atoms with Crippen LogP contribution < -0.4 is 19.9 Å². The Kier molecular flexibility index (Phi) is 7.94. The smallest absolute Gasteiger partial charge is 0.255 e. The van der Waals surface area contributed by atoms with Gasteiger partial charge in [0.25, 0.3) is 5.91 Å². The number of piperazine rings is 1. The van der Waals surface area contributed by atoms with Crippen LogP contribution in [0.2, 0.25) is 0 Å². The molecule has 206 valence electrons. The van der Waals surface area contributed by atoms with E-state index in [0.717, 1.165) is 0 Å². The summed E-state index contributed by atoms with van der Waals surface area (Å²) in [4.78, 5) is 28.8. The first-order chi connectivity index (χ1) is 18.8. The zero-order valence-corrected chi connectivity index (χ0v) is 22.9. The normalized spacial score (nSPS) is 20.1. The van der Waals surface area contributed by atoms with Gasteiger partial charge >= 0.3 is 0 Å². The molecule has 0 unspecified atom stereocenters. The monoisotopic (exact) mass is 534 g/mol. The van der Waals surface area contributed by atoms with Gasteiger partial charge in [0, 0.05) is 67.3 Å². The van der Waals surface area contributed by atoms with Crippen molar-refractivity contribution in [1.29, 1.82) is 0 Å². The zero-order chi connectivity index (χ0) is 27.5. The van der Waals surface area contributed by atoms with Crippen molar-refractivity contribution in [2.45, 2.75) is 25.9 Å². The highest BCUT2D eigenvalue weighted by Gasteiger charge is 2.29. The summed E-state index contributed by atoms with van der Waals surface area (Å²) >= 11 is 0. The largest absolute Gasteiger partial charge is 0.497 e. The number of morpholine rings is 1. The molecule has 2 aliphatic heterocycles. The highest BCUT2D eigenvalue weighted by Crippen LogP contribution is 2.36. The number of nitrogens with one attached hydrogen (secondary N) is 1. The van der Waals surface area contributed by atoms with Crippen LogP contribution in [-0.2, 0) is 4.74 Å². The standard InChI is InChI=1S/C29H35FN6O3/c1-19-17-36(18-20(2)34(19)3)27-14-25(30)24(22-15-31-29(32-16-22)35-9-11-39-12-10-35)13-26(27)33-28(37)21-5-7-23(38-4)8-6-21/h5-8,13-16,19-20H,9-12,17-18H2,1-4H3,(H,33,37)/t19-,20+. The molecule has 0 saturated carbocycles. The van der Waals surface area contributed by atoms with E-state index in [1.165, 1.54) is 6.07 Å². The number of carbonyl (C=O) groups is 1. The third-order valence-corrected chi connectivity index (χ3v) is 7.63. The molecular formula is C29H35FN6O3. The number of aromatic nitrogens is 2. The third-order valence-electron chi connectivity index (χ3n) is 7.63. The summed E-state index contributed by atoms with van der Waals surface area (Å²) < 4.78 is 26.3.